The maximum Gasteiger partial charge on any atom is 0.307 e. The minimum Gasteiger partial charge on any atom is -0.469 e. The standard InChI is InChI=1S/C23H25BrN2O4/c1-15(27)26-11-10-16-6-3-4-9-19(16)21(26)14-22(28)25-20(13-23(29)30-2)17-7-5-8-18(24)12-17/h3-9,12,20-21H,10-11,13-14H2,1-2H3,(H,25,28). The number of ether oxygens (including phenoxy) is 1. The molecule has 6 nitrogen and oxygen atoms in total. The van der Waals surface area contributed by atoms with Crippen LogP contribution in [0.5, 0.6) is 0 Å². The molecule has 30 heavy (non-hydrogen) atoms. The molecule has 0 fully saturated rings. The van der Waals surface area contributed by atoms with Gasteiger partial charge in [-0.1, -0.05) is 52.3 Å². The number of amides is 2. The highest BCUT2D eigenvalue weighted by Gasteiger charge is 2.31. The van der Waals surface area contributed by atoms with Crippen LogP contribution in [0.25, 0.3) is 0 Å². The SMILES string of the molecule is COC(=O)CC(NC(=O)CC1c2ccccc2CCN1C(C)=O)c1cccc(Br)c1. The number of carbonyl (C=O) groups is 3. The zero-order chi connectivity index (χ0) is 21.7. The lowest BCUT2D eigenvalue weighted by Crippen LogP contribution is -2.41. The molecular weight excluding hydrogens is 448 g/mol. The van der Waals surface area contributed by atoms with Crippen molar-refractivity contribution in [2.75, 3.05) is 13.7 Å². The number of halogens is 1. The highest BCUT2D eigenvalue weighted by molar-refractivity contribution is 9.10. The van der Waals surface area contributed by atoms with Crippen LogP contribution in [0.1, 0.15) is 48.5 Å². The maximum atomic E-state index is 13.0. The van der Waals surface area contributed by atoms with Gasteiger partial charge in [0.2, 0.25) is 11.8 Å². The van der Waals surface area contributed by atoms with Crippen LogP contribution in [0.15, 0.2) is 53.0 Å². The number of esters is 1. The molecule has 0 saturated heterocycles. The summed E-state index contributed by atoms with van der Waals surface area (Å²) in [7, 11) is 1.33. The lowest BCUT2D eigenvalue weighted by atomic mass is 9.90. The highest BCUT2D eigenvalue weighted by Crippen LogP contribution is 2.32. The van der Waals surface area contributed by atoms with E-state index in [0.717, 1.165) is 27.6 Å². The monoisotopic (exact) mass is 472 g/mol. The first-order chi connectivity index (χ1) is 14.4. The van der Waals surface area contributed by atoms with Gasteiger partial charge < -0.3 is 15.0 Å². The number of rotatable bonds is 6. The van der Waals surface area contributed by atoms with Crippen molar-refractivity contribution >= 4 is 33.7 Å². The first kappa shape index (κ1) is 22.0. The van der Waals surface area contributed by atoms with Gasteiger partial charge in [-0.3, -0.25) is 14.4 Å². The first-order valence-electron chi connectivity index (χ1n) is 9.85. The molecule has 2 unspecified atom stereocenters. The van der Waals surface area contributed by atoms with Crippen molar-refractivity contribution in [2.24, 2.45) is 0 Å². The van der Waals surface area contributed by atoms with Crippen molar-refractivity contribution in [3.63, 3.8) is 0 Å². The van der Waals surface area contributed by atoms with Gasteiger partial charge in [0.25, 0.3) is 0 Å². The lowest BCUT2D eigenvalue weighted by molar-refractivity contribution is -0.141. The van der Waals surface area contributed by atoms with Crippen LogP contribution in [-0.2, 0) is 25.5 Å². The summed E-state index contributed by atoms with van der Waals surface area (Å²) < 4.78 is 5.66. The number of methoxy groups -OCH3 is 1. The Morgan fingerprint density at radius 1 is 1.20 bits per heavy atom. The minimum atomic E-state index is -0.521. The van der Waals surface area contributed by atoms with Gasteiger partial charge in [0, 0.05) is 17.9 Å². The van der Waals surface area contributed by atoms with Gasteiger partial charge in [0.05, 0.1) is 32.0 Å². The number of nitrogens with zero attached hydrogens (tertiary/aromatic N) is 1. The summed E-state index contributed by atoms with van der Waals surface area (Å²) in [6.07, 6.45) is 0.926. The van der Waals surface area contributed by atoms with Gasteiger partial charge >= 0.3 is 5.97 Å². The van der Waals surface area contributed by atoms with Crippen LogP contribution in [0.2, 0.25) is 0 Å². The average molecular weight is 473 g/mol. The predicted molar refractivity (Wildman–Crippen MR) is 117 cm³/mol. The first-order valence-corrected chi connectivity index (χ1v) is 10.6. The third kappa shape index (κ3) is 5.27. The van der Waals surface area contributed by atoms with Gasteiger partial charge in [-0.05, 0) is 35.2 Å². The second-order valence-electron chi connectivity index (χ2n) is 7.34. The Labute approximate surface area is 184 Å². The third-order valence-electron chi connectivity index (χ3n) is 5.38. The molecule has 1 heterocycles. The number of carbonyl (C=O) groups excluding carboxylic acids is 3. The van der Waals surface area contributed by atoms with E-state index in [0.29, 0.717) is 6.54 Å². The zero-order valence-corrected chi connectivity index (χ0v) is 18.6. The van der Waals surface area contributed by atoms with Crippen LogP contribution < -0.4 is 5.32 Å². The number of benzene rings is 2. The highest BCUT2D eigenvalue weighted by atomic mass is 79.9. The molecule has 158 valence electrons. The van der Waals surface area contributed by atoms with Crippen molar-refractivity contribution in [2.45, 2.75) is 38.3 Å². The number of hydrogen-bond donors (Lipinski definition) is 1. The molecule has 0 saturated carbocycles. The molecule has 0 aliphatic carbocycles. The van der Waals surface area contributed by atoms with E-state index < -0.39 is 12.0 Å². The van der Waals surface area contributed by atoms with Gasteiger partial charge in [0.15, 0.2) is 0 Å². The molecule has 0 radical (unpaired) electrons. The summed E-state index contributed by atoms with van der Waals surface area (Å²) in [4.78, 5) is 38.9. The molecule has 0 spiro atoms. The summed E-state index contributed by atoms with van der Waals surface area (Å²) in [5, 5.41) is 2.96. The fraction of sp³-hybridized carbons (Fsp3) is 0.348. The quantitative estimate of drug-likeness (QED) is 0.650. The molecule has 2 amide bonds. The van der Waals surface area contributed by atoms with Gasteiger partial charge in [-0.2, -0.15) is 0 Å². The summed E-state index contributed by atoms with van der Waals surface area (Å²) in [5.74, 6) is -0.689. The molecule has 1 aliphatic rings. The molecule has 1 N–H and O–H groups in total. The summed E-state index contributed by atoms with van der Waals surface area (Å²) >= 11 is 3.43. The molecule has 0 aromatic heterocycles. The number of nitrogens with one attached hydrogen (secondary N) is 1. The Kier molecular flexibility index (Phi) is 7.26. The van der Waals surface area contributed by atoms with E-state index in [1.54, 1.807) is 4.90 Å². The van der Waals surface area contributed by atoms with Crippen molar-refractivity contribution < 1.29 is 19.1 Å². The fourth-order valence-corrected chi connectivity index (χ4v) is 4.32. The minimum absolute atomic E-state index is 0.0242. The zero-order valence-electron chi connectivity index (χ0n) is 17.1. The van der Waals surface area contributed by atoms with Crippen molar-refractivity contribution in [1.82, 2.24) is 10.2 Å². The van der Waals surface area contributed by atoms with Crippen molar-refractivity contribution in [3.8, 4) is 0 Å². The third-order valence-corrected chi connectivity index (χ3v) is 5.87. The van der Waals surface area contributed by atoms with Crippen LogP contribution in [0, 0.1) is 0 Å². The van der Waals surface area contributed by atoms with Crippen LogP contribution in [0.3, 0.4) is 0 Å². The van der Waals surface area contributed by atoms with Gasteiger partial charge in [0.1, 0.15) is 0 Å². The Hall–Kier alpha value is -2.67. The van der Waals surface area contributed by atoms with E-state index >= 15 is 0 Å². The maximum absolute atomic E-state index is 13.0. The Morgan fingerprint density at radius 3 is 2.67 bits per heavy atom. The van der Waals surface area contributed by atoms with Gasteiger partial charge in [-0.25, -0.2) is 0 Å². The van der Waals surface area contributed by atoms with Crippen LogP contribution in [0.4, 0.5) is 0 Å². The summed E-state index contributed by atoms with van der Waals surface area (Å²) in [6, 6.07) is 14.5. The fourth-order valence-electron chi connectivity index (χ4n) is 3.90. The average Bonchev–Trinajstić information content (AvgIpc) is 2.73. The molecular formula is C23H25BrN2O4. The molecule has 7 heteroatoms. The largest absolute Gasteiger partial charge is 0.469 e. The van der Waals surface area contributed by atoms with E-state index in [-0.39, 0.29) is 30.7 Å². The Balaban J connectivity index is 1.81. The second kappa shape index (κ2) is 9.89. The molecule has 0 bridgehead atoms. The molecule has 2 aromatic carbocycles. The number of fused-ring (bicyclic) bond motifs is 1. The summed E-state index contributed by atoms with van der Waals surface area (Å²) in [5.41, 5.74) is 2.96. The van der Waals surface area contributed by atoms with Gasteiger partial charge in [-0.15, -0.1) is 0 Å². The van der Waals surface area contributed by atoms with E-state index in [4.69, 9.17) is 4.74 Å². The van der Waals surface area contributed by atoms with Crippen LogP contribution >= 0.6 is 15.9 Å². The molecule has 2 atom stereocenters. The number of hydrogen-bond acceptors (Lipinski definition) is 4. The topological polar surface area (TPSA) is 75.7 Å². The lowest BCUT2D eigenvalue weighted by Gasteiger charge is -2.36. The smallest absolute Gasteiger partial charge is 0.307 e. The molecule has 1 aliphatic heterocycles. The Morgan fingerprint density at radius 2 is 1.97 bits per heavy atom. The molecule has 2 aromatic rings. The summed E-state index contributed by atoms with van der Waals surface area (Å²) in [6.45, 7) is 2.11. The predicted octanol–water partition coefficient (Wildman–Crippen LogP) is 3.71. The van der Waals surface area contributed by atoms with Crippen molar-refractivity contribution in [1.29, 1.82) is 0 Å². The van der Waals surface area contributed by atoms with E-state index in [1.807, 2.05) is 48.5 Å². The van der Waals surface area contributed by atoms with E-state index in [1.165, 1.54) is 14.0 Å². The Bertz CT molecular complexity index is 946. The second-order valence-corrected chi connectivity index (χ2v) is 8.25. The van der Waals surface area contributed by atoms with Crippen molar-refractivity contribution in [3.05, 3.63) is 69.7 Å². The molecule has 3 rings (SSSR count). The normalized spacial score (nSPS) is 16.4. The van der Waals surface area contributed by atoms with E-state index in [9.17, 15) is 14.4 Å². The van der Waals surface area contributed by atoms with E-state index in [2.05, 4.69) is 21.2 Å². The van der Waals surface area contributed by atoms with Crippen LogP contribution in [-0.4, -0.2) is 36.3 Å².